The van der Waals surface area contributed by atoms with E-state index in [0.29, 0.717) is 0 Å². The number of unbranched alkanes of at least 4 members (excludes halogenated alkanes) is 1. The maximum Gasteiger partial charge on any atom is 0.321 e. The molecule has 122 valence electrons. The fourth-order valence-electron chi connectivity index (χ4n) is 2.51. The van der Waals surface area contributed by atoms with E-state index >= 15 is 0 Å². The Bertz CT molecular complexity index is 593. The van der Waals surface area contributed by atoms with Crippen molar-refractivity contribution < 1.29 is 4.79 Å². The zero-order valence-electron chi connectivity index (χ0n) is 14.1. The molecule has 0 aliphatic heterocycles. The van der Waals surface area contributed by atoms with Crippen molar-refractivity contribution in [2.75, 3.05) is 18.4 Å². The molecule has 3 heteroatoms. The van der Waals surface area contributed by atoms with Gasteiger partial charge in [0.15, 0.2) is 0 Å². The standard InChI is InChI=1S/C20H26N2O/c1-3-5-16-22(15-4-2)20(23)21-19-13-11-18(12-14-19)17-9-7-6-8-10-17/h6-14H,3-5,15-16H2,1-2H3,(H,21,23). The highest BCUT2D eigenvalue weighted by atomic mass is 16.2. The van der Waals surface area contributed by atoms with Gasteiger partial charge in [0.1, 0.15) is 0 Å². The van der Waals surface area contributed by atoms with Crippen molar-refractivity contribution >= 4 is 11.7 Å². The second-order valence-electron chi connectivity index (χ2n) is 5.71. The Morgan fingerprint density at radius 3 is 2.13 bits per heavy atom. The Morgan fingerprint density at radius 2 is 1.52 bits per heavy atom. The van der Waals surface area contributed by atoms with Crippen molar-refractivity contribution in [3.63, 3.8) is 0 Å². The minimum atomic E-state index is -0.00670. The van der Waals surface area contributed by atoms with Crippen LogP contribution in [0, 0.1) is 0 Å². The van der Waals surface area contributed by atoms with Crippen LogP contribution >= 0.6 is 0 Å². The van der Waals surface area contributed by atoms with Crippen LogP contribution in [-0.4, -0.2) is 24.0 Å². The molecule has 23 heavy (non-hydrogen) atoms. The van der Waals surface area contributed by atoms with Crippen molar-refractivity contribution in [1.82, 2.24) is 4.90 Å². The van der Waals surface area contributed by atoms with Crippen LogP contribution in [0.4, 0.5) is 10.5 Å². The molecule has 0 saturated carbocycles. The van der Waals surface area contributed by atoms with Gasteiger partial charge in [-0.3, -0.25) is 0 Å². The molecule has 0 fully saturated rings. The molecule has 0 unspecified atom stereocenters. The monoisotopic (exact) mass is 310 g/mol. The number of nitrogens with one attached hydrogen (secondary N) is 1. The molecule has 0 atom stereocenters. The van der Waals surface area contributed by atoms with Crippen molar-refractivity contribution in [3.05, 3.63) is 54.6 Å². The molecule has 2 aromatic carbocycles. The summed E-state index contributed by atoms with van der Waals surface area (Å²) < 4.78 is 0. The smallest absolute Gasteiger partial charge is 0.321 e. The minimum absolute atomic E-state index is 0.00670. The summed E-state index contributed by atoms with van der Waals surface area (Å²) in [6, 6.07) is 18.2. The maximum atomic E-state index is 12.4. The first-order chi connectivity index (χ1) is 11.2. The molecular formula is C20H26N2O. The van der Waals surface area contributed by atoms with E-state index < -0.39 is 0 Å². The summed E-state index contributed by atoms with van der Waals surface area (Å²) in [5.41, 5.74) is 3.17. The third-order valence-corrected chi connectivity index (χ3v) is 3.81. The van der Waals surface area contributed by atoms with Gasteiger partial charge in [0.2, 0.25) is 0 Å². The summed E-state index contributed by atoms with van der Waals surface area (Å²) in [7, 11) is 0. The van der Waals surface area contributed by atoms with Gasteiger partial charge >= 0.3 is 6.03 Å². The average molecular weight is 310 g/mol. The minimum Gasteiger partial charge on any atom is -0.325 e. The predicted molar refractivity (Wildman–Crippen MR) is 97.7 cm³/mol. The highest BCUT2D eigenvalue weighted by Crippen LogP contribution is 2.21. The Morgan fingerprint density at radius 1 is 0.870 bits per heavy atom. The average Bonchev–Trinajstić information content (AvgIpc) is 2.60. The summed E-state index contributed by atoms with van der Waals surface area (Å²) in [6.45, 7) is 5.86. The van der Waals surface area contributed by atoms with Gasteiger partial charge < -0.3 is 10.2 Å². The molecule has 2 amide bonds. The Labute approximate surface area is 139 Å². The first-order valence-electron chi connectivity index (χ1n) is 8.46. The van der Waals surface area contributed by atoms with Crippen LogP contribution in [0.15, 0.2) is 54.6 Å². The Hall–Kier alpha value is -2.29. The van der Waals surface area contributed by atoms with E-state index in [1.165, 1.54) is 5.56 Å². The Kier molecular flexibility index (Phi) is 6.67. The van der Waals surface area contributed by atoms with Crippen LogP contribution in [0.2, 0.25) is 0 Å². The lowest BCUT2D eigenvalue weighted by molar-refractivity contribution is 0.211. The SMILES string of the molecule is CCCCN(CCC)C(=O)Nc1ccc(-c2ccccc2)cc1. The van der Waals surface area contributed by atoms with Crippen molar-refractivity contribution in [1.29, 1.82) is 0 Å². The van der Waals surface area contributed by atoms with Crippen LogP contribution in [0.1, 0.15) is 33.1 Å². The molecule has 0 heterocycles. The van der Waals surface area contributed by atoms with Crippen LogP contribution in [0.5, 0.6) is 0 Å². The van der Waals surface area contributed by atoms with Gasteiger partial charge in [-0.1, -0.05) is 62.7 Å². The lowest BCUT2D eigenvalue weighted by Gasteiger charge is -2.22. The number of rotatable bonds is 7. The second kappa shape index (κ2) is 8.99. The molecule has 0 aromatic heterocycles. The largest absolute Gasteiger partial charge is 0.325 e. The number of carbonyl (C=O) groups is 1. The molecule has 0 aliphatic carbocycles. The number of hydrogen-bond donors (Lipinski definition) is 1. The van der Waals surface area contributed by atoms with Crippen molar-refractivity contribution in [2.45, 2.75) is 33.1 Å². The molecule has 1 N–H and O–H groups in total. The number of nitrogens with zero attached hydrogens (tertiary/aromatic N) is 1. The molecule has 0 saturated heterocycles. The third kappa shape index (κ3) is 5.13. The quantitative estimate of drug-likeness (QED) is 0.730. The van der Waals surface area contributed by atoms with E-state index in [1.807, 2.05) is 47.4 Å². The summed E-state index contributed by atoms with van der Waals surface area (Å²) >= 11 is 0. The summed E-state index contributed by atoms with van der Waals surface area (Å²) in [4.78, 5) is 14.3. The first-order valence-corrected chi connectivity index (χ1v) is 8.46. The van der Waals surface area contributed by atoms with Gasteiger partial charge in [-0.05, 0) is 36.1 Å². The second-order valence-corrected chi connectivity index (χ2v) is 5.71. The summed E-state index contributed by atoms with van der Waals surface area (Å²) in [6.07, 6.45) is 3.11. The van der Waals surface area contributed by atoms with E-state index in [9.17, 15) is 4.79 Å². The van der Waals surface area contributed by atoms with Gasteiger partial charge in [-0.25, -0.2) is 4.79 Å². The first kappa shape index (κ1) is 17.1. The molecular weight excluding hydrogens is 284 g/mol. The zero-order valence-corrected chi connectivity index (χ0v) is 14.1. The topological polar surface area (TPSA) is 32.3 Å². The molecule has 0 spiro atoms. The lowest BCUT2D eigenvalue weighted by atomic mass is 10.1. The van der Waals surface area contributed by atoms with E-state index in [0.717, 1.165) is 43.6 Å². The van der Waals surface area contributed by atoms with Gasteiger partial charge in [0.05, 0.1) is 0 Å². The number of carbonyl (C=O) groups excluding carboxylic acids is 1. The predicted octanol–water partition coefficient (Wildman–Crippen LogP) is 5.40. The maximum absolute atomic E-state index is 12.4. The molecule has 2 aromatic rings. The number of hydrogen-bond acceptors (Lipinski definition) is 1. The molecule has 0 radical (unpaired) electrons. The van der Waals surface area contributed by atoms with Crippen LogP contribution in [-0.2, 0) is 0 Å². The van der Waals surface area contributed by atoms with Crippen molar-refractivity contribution in [3.8, 4) is 11.1 Å². The van der Waals surface area contributed by atoms with Gasteiger partial charge in [0, 0.05) is 18.8 Å². The highest BCUT2D eigenvalue weighted by molar-refractivity contribution is 5.89. The summed E-state index contributed by atoms with van der Waals surface area (Å²) in [5.74, 6) is 0. The molecule has 0 bridgehead atoms. The van der Waals surface area contributed by atoms with E-state index in [2.05, 4.69) is 31.3 Å². The lowest BCUT2D eigenvalue weighted by Crippen LogP contribution is -2.36. The van der Waals surface area contributed by atoms with Gasteiger partial charge in [-0.2, -0.15) is 0 Å². The van der Waals surface area contributed by atoms with E-state index in [-0.39, 0.29) is 6.03 Å². The molecule has 2 rings (SSSR count). The number of amides is 2. The van der Waals surface area contributed by atoms with Crippen molar-refractivity contribution in [2.24, 2.45) is 0 Å². The zero-order chi connectivity index (χ0) is 16.5. The van der Waals surface area contributed by atoms with Crippen LogP contribution in [0.3, 0.4) is 0 Å². The van der Waals surface area contributed by atoms with E-state index in [1.54, 1.807) is 0 Å². The normalized spacial score (nSPS) is 10.3. The van der Waals surface area contributed by atoms with Crippen LogP contribution < -0.4 is 5.32 Å². The molecule has 0 aliphatic rings. The fourth-order valence-corrected chi connectivity index (χ4v) is 2.51. The van der Waals surface area contributed by atoms with E-state index in [4.69, 9.17) is 0 Å². The number of anilines is 1. The van der Waals surface area contributed by atoms with Gasteiger partial charge in [-0.15, -0.1) is 0 Å². The van der Waals surface area contributed by atoms with Crippen LogP contribution in [0.25, 0.3) is 11.1 Å². The number of benzene rings is 2. The fraction of sp³-hybridized carbons (Fsp3) is 0.350. The third-order valence-electron chi connectivity index (χ3n) is 3.81. The number of urea groups is 1. The van der Waals surface area contributed by atoms with Gasteiger partial charge in [0.25, 0.3) is 0 Å². The molecule has 3 nitrogen and oxygen atoms in total. The highest BCUT2D eigenvalue weighted by Gasteiger charge is 2.12. The Balaban J connectivity index is 2.00. The summed E-state index contributed by atoms with van der Waals surface area (Å²) in [5, 5.41) is 3.00.